The summed E-state index contributed by atoms with van der Waals surface area (Å²) in [6.45, 7) is 4.90. The normalized spacial score (nSPS) is 29.5. The number of rotatable bonds is 8. The number of carbonyl (C=O) groups is 2. The average Bonchev–Trinajstić information content (AvgIpc) is 2.63. The number of benzene rings is 1. The van der Waals surface area contributed by atoms with Gasteiger partial charge in [-0.15, -0.1) is 0 Å². The minimum Gasteiger partial charge on any atom is -0.484 e. The highest BCUT2D eigenvalue weighted by atomic mass is 16.5. The van der Waals surface area contributed by atoms with Crippen LogP contribution >= 0.6 is 0 Å². The third-order valence-electron chi connectivity index (χ3n) is 7.16. The summed E-state index contributed by atoms with van der Waals surface area (Å²) in [5.74, 6) is 3.31. The fourth-order valence-electron chi connectivity index (χ4n) is 6.47. The number of hydrogen-bond acceptors (Lipinski definition) is 3. The van der Waals surface area contributed by atoms with E-state index in [1.807, 2.05) is 32.0 Å². The minimum atomic E-state index is -0.166. The Morgan fingerprint density at radius 1 is 0.966 bits per heavy atom. The second-order valence-corrected chi connectivity index (χ2v) is 9.85. The molecule has 0 spiro atoms. The maximum absolute atomic E-state index is 12.5. The lowest BCUT2D eigenvalue weighted by molar-refractivity contribution is -0.129. The van der Waals surface area contributed by atoms with Crippen molar-refractivity contribution in [3.8, 4) is 5.75 Å². The maximum Gasteiger partial charge on any atom is 0.258 e. The molecule has 4 aliphatic carbocycles. The number of amides is 2. The maximum atomic E-state index is 12.5. The van der Waals surface area contributed by atoms with Crippen LogP contribution in [0.1, 0.15) is 56.1 Å². The van der Waals surface area contributed by atoms with Crippen LogP contribution in [0.3, 0.4) is 0 Å². The fourth-order valence-corrected chi connectivity index (χ4v) is 6.47. The van der Waals surface area contributed by atoms with Gasteiger partial charge in [0.25, 0.3) is 5.91 Å². The van der Waals surface area contributed by atoms with Gasteiger partial charge < -0.3 is 15.4 Å². The predicted octanol–water partition coefficient (Wildman–Crippen LogP) is 3.52. The molecular formula is C24H34N2O3. The van der Waals surface area contributed by atoms with Crippen molar-refractivity contribution in [3.63, 3.8) is 0 Å². The molecule has 0 atom stereocenters. The first-order valence-corrected chi connectivity index (χ1v) is 11.1. The van der Waals surface area contributed by atoms with E-state index in [-0.39, 0.29) is 23.8 Å². The van der Waals surface area contributed by atoms with Crippen LogP contribution in [-0.4, -0.2) is 31.5 Å². The van der Waals surface area contributed by atoms with Crippen LogP contribution < -0.4 is 15.4 Å². The van der Waals surface area contributed by atoms with E-state index in [1.54, 1.807) is 0 Å². The van der Waals surface area contributed by atoms with Crippen molar-refractivity contribution in [1.29, 1.82) is 0 Å². The quantitative estimate of drug-likeness (QED) is 0.659. The molecule has 1 aromatic rings. The summed E-state index contributed by atoms with van der Waals surface area (Å²) >= 11 is 0. The molecule has 0 heterocycles. The van der Waals surface area contributed by atoms with Gasteiger partial charge in [-0.1, -0.05) is 17.7 Å². The lowest BCUT2D eigenvalue weighted by Crippen LogP contribution is -2.48. The molecule has 2 amide bonds. The Morgan fingerprint density at radius 3 is 2.14 bits per heavy atom. The Bertz CT molecular complexity index is 738. The summed E-state index contributed by atoms with van der Waals surface area (Å²) in [7, 11) is 0. The Kier molecular flexibility index (Phi) is 5.84. The number of ether oxygens (including phenoxy) is 1. The summed E-state index contributed by atoms with van der Waals surface area (Å²) in [6, 6.07) is 5.90. The van der Waals surface area contributed by atoms with Crippen molar-refractivity contribution >= 4 is 11.8 Å². The van der Waals surface area contributed by atoms with Crippen LogP contribution in [0.25, 0.3) is 0 Å². The van der Waals surface area contributed by atoms with E-state index in [4.69, 9.17) is 4.74 Å². The smallest absolute Gasteiger partial charge is 0.258 e. The Morgan fingerprint density at radius 2 is 1.55 bits per heavy atom. The SMILES string of the molecule is Cc1ccc(OCC(=O)NCCNC(=O)CC23CC4CC(CC(C4)C2)C3)c(C)c1. The van der Waals surface area contributed by atoms with E-state index in [9.17, 15) is 9.59 Å². The zero-order valence-electron chi connectivity index (χ0n) is 17.8. The molecule has 5 heteroatoms. The zero-order chi connectivity index (χ0) is 20.4. The fraction of sp³-hybridized carbons (Fsp3) is 0.667. The highest BCUT2D eigenvalue weighted by molar-refractivity contribution is 5.78. The summed E-state index contributed by atoms with van der Waals surface area (Å²) in [5.41, 5.74) is 2.46. The zero-order valence-corrected chi connectivity index (χ0v) is 17.8. The number of hydrogen-bond donors (Lipinski definition) is 2. The van der Waals surface area contributed by atoms with Crippen LogP contribution in [0.15, 0.2) is 18.2 Å². The first-order valence-electron chi connectivity index (χ1n) is 11.1. The molecule has 0 unspecified atom stereocenters. The second kappa shape index (κ2) is 8.37. The summed E-state index contributed by atoms with van der Waals surface area (Å²) in [6.07, 6.45) is 8.61. The van der Waals surface area contributed by atoms with E-state index in [0.29, 0.717) is 19.5 Å². The van der Waals surface area contributed by atoms with Gasteiger partial charge in [-0.25, -0.2) is 0 Å². The van der Waals surface area contributed by atoms with Gasteiger partial charge in [0, 0.05) is 19.5 Å². The van der Waals surface area contributed by atoms with Gasteiger partial charge in [0.2, 0.25) is 5.91 Å². The van der Waals surface area contributed by atoms with Gasteiger partial charge >= 0.3 is 0 Å². The standard InChI is InChI=1S/C24H34N2O3/c1-16-3-4-21(17(2)7-16)29-15-23(28)26-6-5-25-22(27)14-24-11-18-8-19(12-24)10-20(9-18)13-24/h3-4,7,18-20H,5-6,8-15H2,1-2H3,(H,25,27)(H,26,28). The van der Waals surface area contributed by atoms with Crippen LogP contribution in [0, 0.1) is 37.0 Å². The second-order valence-electron chi connectivity index (χ2n) is 9.85. The molecule has 0 saturated heterocycles. The monoisotopic (exact) mass is 398 g/mol. The number of aryl methyl sites for hydroxylation is 2. The highest BCUT2D eigenvalue weighted by Crippen LogP contribution is 2.61. The third-order valence-corrected chi connectivity index (χ3v) is 7.16. The van der Waals surface area contributed by atoms with E-state index >= 15 is 0 Å². The van der Waals surface area contributed by atoms with Gasteiger partial charge in [-0.05, 0) is 87.2 Å². The largest absolute Gasteiger partial charge is 0.484 e. The summed E-state index contributed by atoms with van der Waals surface area (Å²) in [4.78, 5) is 24.5. The summed E-state index contributed by atoms with van der Waals surface area (Å²) < 4.78 is 5.59. The van der Waals surface area contributed by atoms with Gasteiger partial charge in [0.05, 0.1) is 0 Å². The van der Waals surface area contributed by atoms with Crippen molar-refractivity contribution in [2.75, 3.05) is 19.7 Å². The molecule has 0 radical (unpaired) electrons. The molecule has 158 valence electrons. The van der Waals surface area contributed by atoms with Crippen molar-refractivity contribution in [3.05, 3.63) is 29.3 Å². The number of nitrogens with one attached hydrogen (secondary N) is 2. The van der Waals surface area contributed by atoms with E-state index in [1.165, 1.54) is 44.1 Å². The van der Waals surface area contributed by atoms with E-state index in [2.05, 4.69) is 10.6 Å². The third kappa shape index (κ3) is 4.93. The molecule has 5 rings (SSSR count). The molecule has 0 aromatic heterocycles. The van der Waals surface area contributed by atoms with Crippen LogP contribution in [0.5, 0.6) is 5.75 Å². The molecule has 4 aliphatic rings. The summed E-state index contributed by atoms with van der Waals surface area (Å²) in [5, 5.41) is 5.83. The van der Waals surface area contributed by atoms with Gasteiger partial charge in [0.1, 0.15) is 5.75 Å². The molecule has 4 bridgehead atoms. The molecule has 1 aromatic carbocycles. The molecule has 5 nitrogen and oxygen atoms in total. The molecule has 2 N–H and O–H groups in total. The predicted molar refractivity (Wildman–Crippen MR) is 113 cm³/mol. The topological polar surface area (TPSA) is 67.4 Å². The Balaban J connectivity index is 1.13. The molecule has 4 saturated carbocycles. The number of carbonyl (C=O) groups excluding carboxylic acids is 2. The lowest BCUT2D eigenvalue weighted by Gasteiger charge is -2.56. The molecule has 0 aliphatic heterocycles. The van der Waals surface area contributed by atoms with Gasteiger partial charge in [0.15, 0.2) is 6.61 Å². The molecule has 4 fully saturated rings. The van der Waals surface area contributed by atoms with Gasteiger partial charge in [-0.3, -0.25) is 9.59 Å². The minimum absolute atomic E-state index is 0.00881. The Labute approximate surface area is 174 Å². The van der Waals surface area contributed by atoms with Crippen molar-refractivity contribution in [2.45, 2.75) is 58.8 Å². The van der Waals surface area contributed by atoms with Crippen molar-refractivity contribution < 1.29 is 14.3 Å². The van der Waals surface area contributed by atoms with E-state index in [0.717, 1.165) is 29.1 Å². The van der Waals surface area contributed by atoms with E-state index < -0.39 is 0 Å². The Hall–Kier alpha value is -2.04. The first-order chi connectivity index (χ1) is 13.9. The van der Waals surface area contributed by atoms with Crippen LogP contribution in [0.2, 0.25) is 0 Å². The van der Waals surface area contributed by atoms with Gasteiger partial charge in [-0.2, -0.15) is 0 Å². The molecule has 29 heavy (non-hydrogen) atoms. The average molecular weight is 399 g/mol. The van der Waals surface area contributed by atoms with Crippen molar-refractivity contribution in [1.82, 2.24) is 10.6 Å². The van der Waals surface area contributed by atoms with Crippen molar-refractivity contribution in [2.24, 2.45) is 23.2 Å². The van der Waals surface area contributed by atoms with Crippen LogP contribution in [-0.2, 0) is 9.59 Å². The highest BCUT2D eigenvalue weighted by Gasteiger charge is 2.51. The first kappa shape index (κ1) is 20.2. The van der Waals surface area contributed by atoms with Crippen LogP contribution in [0.4, 0.5) is 0 Å². The molecular weight excluding hydrogens is 364 g/mol. The lowest BCUT2D eigenvalue weighted by atomic mass is 9.49.